The van der Waals surface area contributed by atoms with Gasteiger partial charge in [0, 0.05) is 6.61 Å². The van der Waals surface area contributed by atoms with Gasteiger partial charge in [-0.1, -0.05) is 20.8 Å². The van der Waals surface area contributed by atoms with Crippen LogP contribution in [-0.4, -0.2) is 25.6 Å². The van der Waals surface area contributed by atoms with Gasteiger partial charge in [-0.25, -0.2) is 0 Å². The van der Waals surface area contributed by atoms with Crippen LogP contribution in [0.5, 0.6) is 0 Å². The molecule has 0 heterocycles. The zero-order valence-electron chi connectivity index (χ0n) is 11.5. The zero-order chi connectivity index (χ0) is 12.3. The van der Waals surface area contributed by atoms with Gasteiger partial charge in [-0.15, -0.1) is 0 Å². The van der Waals surface area contributed by atoms with E-state index in [9.17, 15) is 5.11 Å². The second kappa shape index (κ2) is 4.98. The van der Waals surface area contributed by atoms with E-state index in [0.29, 0.717) is 0 Å². The van der Waals surface area contributed by atoms with Gasteiger partial charge < -0.3 is 9.53 Å². The van der Waals surface area contributed by atoms with Crippen molar-refractivity contribution in [3.05, 3.63) is 0 Å². The topological polar surface area (TPSA) is 29.5 Å². The summed E-state index contributed by atoms with van der Waals surface area (Å²) in [7, 11) is -1.58. The Morgan fingerprint density at radius 1 is 1.07 bits per heavy atom. The summed E-state index contributed by atoms with van der Waals surface area (Å²) in [5.74, 6) is 0. The Kier molecular flexibility index (Phi) is 5.02. The molecule has 0 bridgehead atoms. The molecule has 0 aliphatic heterocycles. The van der Waals surface area contributed by atoms with Crippen LogP contribution in [0.25, 0.3) is 0 Å². The van der Waals surface area contributed by atoms with Gasteiger partial charge in [-0.2, -0.15) is 0 Å². The lowest BCUT2D eigenvalue weighted by molar-refractivity contribution is 0.0634. The highest BCUT2D eigenvalue weighted by molar-refractivity contribution is 6.74. The molecule has 0 radical (unpaired) electrons. The smallest absolute Gasteiger partial charge is 0.191 e. The van der Waals surface area contributed by atoms with Crippen molar-refractivity contribution in [3.63, 3.8) is 0 Å². The van der Waals surface area contributed by atoms with Crippen molar-refractivity contribution in [1.29, 1.82) is 0 Å². The third kappa shape index (κ3) is 6.33. The second-order valence-electron chi connectivity index (χ2n) is 6.52. The van der Waals surface area contributed by atoms with E-state index in [1.54, 1.807) is 0 Å². The van der Waals surface area contributed by atoms with Crippen molar-refractivity contribution in [1.82, 2.24) is 0 Å². The molecule has 2 nitrogen and oxygen atoms in total. The van der Waals surface area contributed by atoms with Gasteiger partial charge in [-0.3, -0.25) is 0 Å². The van der Waals surface area contributed by atoms with Gasteiger partial charge in [0.1, 0.15) is 0 Å². The standard InChI is InChI=1S/C12H28O2Si/c1-11(2,3)15(6,7)14-10-8-9-12(4,5)13/h13H,8-10H2,1-7H3. The Balaban J connectivity index is 3.87. The van der Waals surface area contributed by atoms with Crippen LogP contribution in [0, 0.1) is 0 Å². The molecule has 0 aromatic heterocycles. The van der Waals surface area contributed by atoms with Crippen molar-refractivity contribution in [2.45, 2.75) is 71.2 Å². The van der Waals surface area contributed by atoms with Gasteiger partial charge in [0.05, 0.1) is 5.60 Å². The van der Waals surface area contributed by atoms with E-state index < -0.39 is 13.9 Å². The van der Waals surface area contributed by atoms with Gasteiger partial charge in [0.15, 0.2) is 8.32 Å². The first kappa shape index (κ1) is 15.1. The molecule has 0 aliphatic rings. The quantitative estimate of drug-likeness (QED) is 0.580. The maximum absolute atomic E-state index is 9.56. The first-order valence-electron chi connectivity index (χ1n) is 5.82. The molecule has 0 saturated heterocycles. The molecule has 15 heavy (non-hydrogen) atoms. The minimum absolute atomic E-state index is 0.279. The molecule has 3 heteroatoms. The molecule has 0 aromatic rings. The number of aliphatic hydroxyl groups is 1. The number of hydrogen-bond donors (Lipinski definition) is 1. The fraction of sp³-hybridized carbons (Fsp3) is 1.00. The average Bonchev–Trinajstić information content (AvgIpc) is 1.94. The lowest BCUT2D eigenvalue weighted by atomic mass is 10.0. The molecule has 1 N–H and O–H groups in total. The normalized spacial score (nSPS) is 14.4. The summed E-state index contributed by atoms with van der Waals surface area (Å²) in [5.41, 5.74) is -0.559. The van der Waals surface area contributed by atoms with Gasteiger partial charge in [0.25, 0.3) is 0 Å². The predicted octanol–water partition coefficient (Wildman–Crippen LogP) is 3.56. The summed E-state index contributed by atoms with van der Waals surface area (Å²) < 4.78 is 6.02. The molecule has 0 spiro atoms. The molecule has 0 unspecified atom stereocenters. The SMILES string of the molecule is CC(C)(O)CCCO[Si](C)(C)C(C)(C)C. The summed E-state index contributed by atoms with van der Waals surface area (Å²) in [6.07, 6.45) is 1.75. The summed E-state index contributed by atoms with van der Waals surface area (Å²) >= 11 is 0. The van der Waals surface area contributed by atoms with E-state index in [2.05, 4.69) is 33.9 Å². The van der Waals surface area contributed by atoms with Crippen molar-refractivity contribution in [2.75, 3.05) is 6.61 Å². The minimum atomic E-state index is -1.58. The van der Waals surface area contributed by atoms with E-state index in [1.807, 2.05) is 13.8 Å². The predicted molar refractivity (Wildman–Crippen MR) is 68.7 cm³/mol. The maximum atomic E-state index is 9.56. The molecular weight excluding hydrogens is 204 g/mol. The van der Waals surface area contributed by atoms with Crippen LogP contribution in [0.2, 0.25) is 18.1 Å². The summed E-state index contributed by atoms with van der Waals surface area (Å²) in [6.45, 7) is 15.7. The monoisotopic (exact) mass is 232 g/mol. The van der Waals surface area contributed by atoms with Crippen LogP contribution in [0.3, 0.4) is 0 Å². The van der Waals surface area contributed by atoms with Gasteiger partial charge in [-0.05, 0) is 44.8 Å². The third-order valence-corrected chi connectivity index (χ3v) is 7.74. The lowest BCUT2D eigenvalue weighted by Crippen LogP contribution is -2.41. The Morgan fingerprint density at radius 2 is 1.53 bits per heavy atom. The summed E-state index contributed by atoms with van der Waals surface area (Å²) in [6, 6.07) is 0. The summed E-state index contributed by atoms with van der Waals surface area (Å²) in [4.78, 5) is 0. The fourth-order valence-corrected chi connectivity index (χ4v) is 2.14. The second-order valence-corrected chi connectivity index (χ2v) is 11.3. The Morgan fingerprint density at radius 3 is 1.87 bits per heavy atom. The highest BCUT2D eigenvalue weighted by Crippen LogP contribution is 2.36. The Labute approximate surface area is 96.2 Å². The molecule has 0 rings (SSSR count). The van der Waals surface area contributed by atoms with Crippen LogP contribution < -0.4 is 0 Å². The van der Waals surface area contributed by atoms with Crippen LogP contribution in [0.4, 0.5) is 0 Å². The van der Waals surface area contributed by atoms with E-state index in [4.69, 9.17) is 4.43 Å². The molecule has 0 fully saturated rings. The highest BCUT2D eigenvalue weighted by atomic mass is 28.4. The van der Waals surface area contributed by atoms with Crippen molar-refractivity contribution in [3.8, 4) is 0 Å². The molecule has 0 saturated carbocycles. The molecule has 92 valence electrons. The van der Waals surface area contributed by atoms with Crippen LogP contribution >= 0.6 is 0 Å². The van der Waals surface area contributed by atoms with E-state index in [-0.39, 0.29) is 5.04 Å². The number of hydrogen-bond acceptors (Lipinski definition) is 2. The molecular formula is C12H28O2Si. The fourth-order valence-electron chi connectivity index (χ4n) is 1.05. The van der Waals surface area contributed by atoms with Crippen LogP contribution in [0.1, 0.15) is 47.5 Å². The average molecular weight is 232 g/mol. The first-order chi connectivity index (χ1) is 6.46. The largest absolute Gasteiger partial charge is 0.417 e. The van der Waals surface area contributed by atoms with Crippen molar-refractivity contribution >= 4 is 8.32 Å². The van der Waals surface area contributed by atoms with Gasteiger partial charge in [0.2, 0.25) is 0 Å². The molecule has 0 aliphatic carbocycles. The Bertz CT molecular complexity index is 187. The van der Waals surface area contributed by atoms with Crippen LogP contribution in [-0.2, 0) is 4.43 Å². The maximum Gasteiger partial charge on any atom is 0.191 e. The minimum Gasteiger partial charge on any atom is -0.417 e. The van der Waals surface area contributed by atoms with Crippen molar-refractivity contribution in [2.24, 2.45) is 0 Å². The summed E-state index contributed by atoms with van der Waals surface area (Å²) in [5, 5.41) is 9.84. The molecule has 0 amide bonds. The van der Waals surface area contributed by atoms with E-state index in [1.165, 1.54) is 0 Å². The Hall–Kier alpha value is 0.137. The molecule has 0 atom stereocenters. The first-order valence-corrected chi connectivity index (χ1v) is 8.73. The number of rotatable bonds is 5. The highest BCUT2D eigenvalue weighted by Gasteiger charge is 2.36. The van der Waals surface area contributed by atoms with Crippen molar-refractivity contribution < 1.29 is 9.53 Å². The zero-order valence-corrected chi connectivity index (χ0v) is 12.5. The van der Waals surface area contributed by atoms with E-state index in [0.717, 1.165) is 19.4 Å². The molecule has 0 aromatic carbocycles. The van der Waals surface area contributed by atoms with E-state index >= 15 is 0 Å². The lowest BCUT2D eigenvalue weighted by Gasteiger charge is -2.36. The van der Waals surface area contributed by atoms with Crippen LogP contribution in [0.15, 0.2) is 0 Å². The third-order valence-electron chi connectivity index (χ3n) is 3.20. The van der Waals surface area contributed by atoms with Gasteiger partial charge >= 0.3 is 0 Å².